The number of halogens is 1. The Labute approximate surface area is 114 Å². The summed E-state index contributed by atoms with van der Waals surface area (Å²) in [5, 5.41) is 10.7. The van der Waals surface area contributed by atoms with E-state index in [1.165, 1.54) is 6.33 Å². The molecule has 0 bridgehead atoms. The fourth-order valence-corrected chi connectivity index (χ4v) is 2.32. The summed E-state index contributed by atoms with van der Waals surface area (Å²) in [5.41, 5.74) is 0.809. The molecular formula is C11H13ClN6O. The van der Waals surface area contributed by atoms with Crippen molar-refractivity contribution in [2.75, 3.05) is 11.9 Å². The summed E-state index contributed by atoms with van der Waals surface area (Å²) < 4.78 is 1.61. The van der Waals surface area contributed by atoms with Crippen LogP contribution in [0.3, 0.4) is 0 Å². The van der Waals surface area contributed by atoms with Crippen LogP contribution in [-0.4, -0.2) is 38.1 Å². The number of nitrogens with one attached hydrogen (secondary N) is 2. The first-order valence-corrected chi connectivity index (χ1v) is 6.42. The van der Waals surface area contributed by atoms with Crippen LogP contribution in [0, 0.1) is 6.92 Å². The van der Waals surface area contributed by atoms with Gasteiger partial charge in [0.2, 0.25) is 5.91 Å². The van der Waals surface area contributed by atoms with E-state index in [9.17, 15) is 4.79 Å². The average molecular weight is 281 g/mol. The molecule has 1 aliphatic rings. The molecule has 0 radical (unpaired) electrons. The van der Waals surface area contributed by atoms with E-state index in [4.69, 9.17) is 11.6 Å². The van der Waals surface area contributed by atoms with Gasteiger partial charge < -0.3 is 10.6 Å². The Kier molecular flexibility index (Phi) is 2.98. The van der Waals surface area contributed by atoms with E-state index in [-0.39, 0.29) is 11.9 Å². The van der Waals surface area contributed by atoms with Gasteiger partial charge in [-0.25, -0.2) is 0 Å². The molecule has 1 fully saturated rings. The van der Waals surface area contributed by atoms with Crippen molar-refractivity contribution in [2.45, 2.75) is 25.8 Å². The predicted octanol–water partition coefficient (Wildman–Crippen LogP) is 0.777. The Hall–Kier alpha value is -1.89. The lowest BCUT2D eigenvalue weighted by Gasteiger charge is -2.15. The van der Waals surface area contributed by atoms with Crippen molar-refractivity contribution in [1.29, 1.82) is 0 Å². The molecule has 1 saturated heterocycles. The van der Waals surface area contributed by atoms with Gasteiger partial charge in [0.05, 0.1) is 0 Å². The van der Waals surface area contributed by atoms with Gasteiger partial charge in [-0.3, -0.25) is 4.79 Å². The van der Waals surface area contributed by atoms with Gasteiger partial charge >= 0.3 is 0 Å². The number of fused-ring (bicyclic) bond motifs is 1. The summed E-state index contributed by atoms with van der Waals surface area (Å²) in [6, 6.07) is 0.136. The summed E-state index contributed by atoms with van der Waals surface area (Å²) >= 11 is 6.07. The fraction of sp³-hybridized carbons (Fsp3) is 0.455. The van der Waals surface area contributed by atoms with E-state index >= 15 is 0 Å². The molecule has 1 atom stereocenters. The lowest BCUT2D eigenvalue weighted by atomic mass is 10.2. The molecule has 1 amide bonds. The van der Waals surface area contributed by atoms with Gasteiger partial charge in [0.25, 0.3) is 5.78 Å². The van der Waals surface area contributed by atoms with Crippen LogP contribution in [0.5, 0.6) is 0 Å². The fourth-order valence-electron chi connectivity index (χ4n) is 2.16. The Balaban J connectivity index is 1.85. The highest BCUT2D eigenvalue weighted by molar-refractivity contribution is 6.30. The monoisotopic (exact) mass is 280 g/mol. The van der Waals surface area contributed by atoms with Crippen LogP contribution < -0.4 is 10.6 Å². The minimum atomic E-state index is 0.0992. The van der Waals surface area contributed by atoms with Crippen molar-refractivity contribution in [2.24, 2.45) is 0 Å². The zero-order valence-electron chi connectivity index (χ0n) is 10.4. The SMILES string of the molecule is Cc1c(Cl)nc2ncnn2c1NCC1CCC(=O)N1. The minimum absolute atomic E-state index is 0.0992. The maximum absolute atomic E-state index is 11.2. The lowest BCUT2D eigenvalue weighted by Crippen LogP contribution is -2.32. The second-order valence-electron chi connectivity index (χ2n) is 4.53. The zero-order chi connectivity index (χ0) is 13.4. The molecule has 1 unspecified atom stereocenters. The second-order valence-corrected chi connectivity index (χ2v) is 4.89. The molecule has 0 saturated carbocycles. The van der Waals surface area contributed by atoms with Gasteiger partial charge in [0, 0.05) is 24.6 Å². The van der Waals surface area contributed by atoms with Crippen molar-refractivity contribution in [3.05, 3.63) is 17.0 Å². The highest BCUT2D eigenvalue weighted by Crippen LogP contribution is 2.22. The van der Waals surface area contributed by atoms with Crippen LogP contribution in [0.1, 0.15) is 18.4 Å². The number of carbonyl (C=O) groups is 1. The molecule has 100 valence electrons. The number of anilines is 1. The highest BCUT2D eigenvalue weighted by atomic mass is 35.5. The zero-order valence-corrected chi connectivity index (χ0v) is 11.1. The van der Waals surface area contributed by atoms with E-state index in [0.29, 0.717) is 23.9 Å². The number of rotatable bonds is 3. The van der Waals surface area contributed by atoms with Gasteiger partial charge in [-0.2, -0.15) is 19.6 Å². The third kappa shape index (κ3) is 2.21. The normalized spacial score (nSPS) is 18.8. The van der Waals surface area contributed by atoms with Crippen molar-refractivity contribution >= 4 is 29.1 Å². The quantitative estimate of drug-likeness (QED) is 0.812. The molecule has 2 aromatic heterocycles. The Morgan fingerprint density at radius 3 is 3.21 bits per heavy atom. The molecule has 0 spiro atoms. The van der Waals surface area contributed by atoms with E-state index in [1.807, 2.05) is 6.92 Å². The molecule has 2 aromatic rings. The smallest absolute Gasteiger partial charge is 0.255 e. The van der Waals surface area contributed by atoms with Gasteiger partial charge in [0.1, 0.15) is 17.3 Å². The molecular weight excluding hydrogens is 268 g/mol. The number of hydrogen-bond acceptors (Lipinski definition) is 5. The molecule has 8 heteroatoms. The Bertz CT molecular complexity index is 639. The lowest BCUT2D eigenvalue weighted by molar-refractivity contribution is -0.119. The van der Waals surface area contributed by atoms with Crippen LogP contribution in [0.25, 0.3) is 5.78 Å². The van der Waals surface area contributed by atoms with E-state index < -0.39 is 0 Å². The summed E-state index contributed by atoms with van der Waals surface area (Å²) in [4.78, 5) is 19.3. The van der Waals surface area contributed by atoms with Gasteiger partial charge in [0.15, 0.2) is 0 Å². The number of hydrogen-bond donors (Lipinski definition) is 2. The van der Waals surface area contributed by atoms with E-state index in [1.54, 1.807) is 4.52 Å². The van der Waals surface area contributed by atoms with Crippen LogP contribution in [0.2, 0.25) is 5.15 Å². The molecule has 2 N–H and O–H groups in total. The van der Waals surface area contributed by atoms with Gasteiger partial charge in [-0.1, -0.05) is 11.6 Å². The molecule has 1 aliphatic heterocycles. The summed E-state index contributed by atoms with van der Waals surface area (Å²) in [6.45, 7) is 2.49. The molecule has 0 aliphatic carbocycles. The van der Waals surface area contributed by atoms with Crippen molar-refractivity contribution in [1.82, 2.24) is 24.9 Å². The average Bonchev–Trinajstić information content (AvgIpc) is 2.99. The summed E-state index contributed by atoms with van der Waals surface area (Å²) in [6.07, 6.45) is 2.85. The predicted molar refractivity (Wildman–Crippen MR) is 70.2 cm³/mol. The number of nitrogens with zero attached hydrogens (tertiary/aromatic N) is 4. The molecule has 3 heterocycles. The van der Waals surface area contributed by atoms with Crippen LogP contribution >= 0.6 is 11.6 Å². The standard InChI is InChI=1S/C11H13ClN6O/c1-6-9(12)17-11-14-5-15-18(11)10(6)13-4-7-2-3-8(19)16-7/h5,7,13H,2-4H2,1H3,(H,16,19). The third-order valence-corrected chi connectivity index (χ3v) is 3.57. The van der Waals surface area contributed by atoms with Crippen LogP contribution in [-0.2, 0) is 4.79 Å². The second kappa shape index (κ2) is 4.65. The largest absolute Gasteiger partial charge is 0.368 e. The van der Waals surface area contributed by atoms with Gasteiger partial charge in [-0.15, -0.1) is 0 Å². The van der Waals surface area contributed by atoms with Crippen molar-refractivity contribution in [3.8, 4) is 0 Å². The van der Waals surface area contributed by atoms with Gasteiger partial charge in [-0.05, 0) is 13.3 Å². The number of amides is 1. The third-order valence-electron chi connectivity index (χ3n) is 3.21. The Morgan fingerprint density at radius 2 is 2.47 bits per heavy atom. The Morgan fingerprint density at radius 1 is 1.63 bits per heavy atom. The van der Waals surface area contributed by atoms with Crippen molar-refractivity contribution < 1.29 is 4.79 Å². The van der Waals surface area contributed by atoms with Crippen molar-refractivity contribution in [3.63, 3.8) is 0 Å². The van der Waals surface area contributed by atoms with Crippen LogP contribution in [0.15, 0.2) is 6.33 Å². The molecule has 7 nitrogen and oxygen atoms in total. The summed E-state index contributed by atoms with van der Waals surface area (Å²) in [5.74, 6) is 1.31. The topological polar surface area (TPSA) is 84.2 Å². The first-order chi connectivity index (χ1) is 9.15. The maximum Gasteiger partial charge on any atom is 0.255 e. The van der Waals surface area contributed by atoms with E-state index in [0.717, 1.165) is 17.8 Å². The summed E-state index contributed by atoms with van der Waals surface area (Å²) in [7, 11) is 0. The first kappa shape index (κ1) is 12.2. The van der Waals surface area contributed by atoms with Crippen LogP contribution in [0.4, 0.5) is 5.82 Å². The number of aromatic nitrogens is 4. The first-order valence-electron chi connectivity index (χ1n) is 6.04. The number of carbonyl (C=O) groups excluding carboxylic acids is 1. The highest BCUT2D eigenvalue weighted by Gasteiger charge is 2.21. The molecule has 0 aromatic carbocycles. The molecule has 19 heavy (non-hydrogen) atoms. The maximum atomic E-state index is 11.2. The van der Waals surface area contributed by atoms with E-state index in [2.05, 4.69) is 25.7 Å². The molecule has 3 rings (SSSR count). The minimum Gasteiger partial charge on any atom is -0.368 e.